The molecule has 0 saturated carbocycles. The highest BCUT2D eigenvalue weighted by Gasteiger charge is 2.14. The molecule has 2 aromatic rings. The van der Waals surface area contributed by atoms with Crippen LogP contribution >= 0.6 is 15.9 Å². The highest BCUT2D eigenvalue weighted by molar-refractivity contribution is 9.10. The molecule has 0 fully saturated rings. The molecule has 0 atom stereocenters. The number of carboxylic acid groups (broad SMARTS) is 1. The van der Waals surface area contributed by atoms with Crippen LogP contribution in [0.2, 0.25) is 0 Å². The Bertz CT molecular complexity index is 722. The van der Waals surface area contributed by atoms with Crippen LogP contribution in [0.1, 0.15) is 21.5 Å². The van der Waals surface area contributed by atoms with Gasteiger partial charge < -0.3 is 10.0 Å². The Labute approximate surface area is 131 Å². The lowest BCUT2D eigenvalue weighted by molar-refractivity contribution is 0.0697. The summed E-state index contributed by atoms with van der Waals surface area (Å²) in [6.45, 7) is 0.520. The molecule has 2 rings (SSSR count). The third-order valence-corrected chi connectivity index (χ3v) is 3.57. The van der Waals surface area contributed by atoms with Gasteiger partial charge in [0.2, 0.25) is 0 Å². The molecule has 0 aromatic heterocycles. The number of rotatable bonds is 4. The summed E-state index contributed by atoms with van der Waals surface area (Å²) in [6.07, 6.45) is 0. The minimum absolute atomic E-state index is 0.247. The summed E-state index contributed by atoms with van der Waals surface area (Å²) in [5.74, 6) is -0.963. The lowest BCUT2D eigenvalue weighted by atomic mass is 10.1. The fraction of sp³-hybridized carbons (Fsp3) is 0.125. The summed E-state index contributed by atoms with van der Waals surface area (Å²) in [6, 6.07) is 14.4. The molecule has 0 saturated heterocycles. The van der Waals surface area contributed by atoms with Crippen LogP contribution < -0.4 is 4.90 Å². The predicted molar refractivity (Wildman–Crippen MR) is 84.4 cm³/mol. The molecule has 2 aromatic carbocycles. The fourth-order valence-corrected chi connectivity index (χ4v) is 2.45. The number of benzene rings is 2. The summed E-state index contributed by atoms with van der Waals surface area (Å²) < 4.78 is 0.820. The third-order valence-electron chi connectivity index (χ3n) is 3.08. The standard InChI is InChI=1S/C16H13BrN2O2/c1-19(10-12-4-2-3-11(7-12)9-18)15-8-13(17)5-6-14(15)16(20)21/h2-8H,10H2,1H3,(H,20,21). The van der Waals surface area contributed by atoms with Crippen LogP contribution in [0.5, 0.6) is 0 Å². The van der Waals surface area contributed by atoms with Gasteiger partial charge >= 0.3 is 5.97 Å². The quantitative estimate of drug-likeness (QED) is 0.919. The number of carboxylic acids is 1. The summed E-state index contributed by atoms with van der Waals surface area (Å²) in [5.41, 5.74) is 2.41. The number of nitrogens with zero attached hydrogens (tertiary/aromatic N) is 2. The van der Waals surface area contributed by atoms with Crippen molar-refractivity contribution in [3.63, 3.8) is 0 Å². The van der Waals surface area contributed by atoms with E-state index >= 15 is 0 Å². The van der Waals surface area contributed by atoms with E-state index in [0.29, 0.717) is 17.8 Å². The molecule has 21 heavy (non-hydrogen) atoms. The van der Waals surface area contributed by atoms with Crippen molar-refractivity contribution >= 4 is 27.6 Å². The average Bonchev–Trinajstić information content (AvgIpc) is 2.47. The second kappa shape index (κ2) is 6.42. The average molecular weight is 345 g/mol. The Balaban J connectivity index is 2.32. The lowest BCUT2D eigenvalue weighted by Crippen LogP contribution is -2.19. The van der Waals surface area contributed by atoms with E-state index in [4.69, 9.17) is 5.26 Å². The summed E-state index contributed by atoms with van der Waals surface area (Å²) in [4.78, 5) is 13.2. The number of aromatic carboxylic acids is 1. The van der Waals surface area contributed by atoms with Crippen LogP contribution in [0.3, 0.4) is 0 Å². The second-order valence-corrected chi connectivity index (χ2v) is 5.55. The fourth-order valence-electron chi connectivity index (χ4n) is 2.10. The number of carbonyl (C=O) groups is 1. The Hall–Kier alpha value is -2.32. The van der Waals surface area contributed by atoms with Gasteiger partial charge in [-0.2, -0.15) is 5.26 Å². The van der Waals surface area contributed by atoms with Crippen LogP contribution in [0.15, 0.2) is 46.9 Å². The van der Waals surface area contributed by atoms with Gasteiger partial charge in [-0.3, -0.25) is 0 Å². The molecule has 106 valence electrons. The normalized spacial score (nSPS) is 9.95. The van der Waals surface area contributed by atoms with Crippen molar-refractivity contribution in [2.45, 2.75) is 6.54 Å². The van der Waals surface area contributed by atoms with Gasteiger partial charge in [-0.25, -0.2) is 4.79 Å². The zero-order chi connectivity index (χ0) is 15.4. The molecule has 0 aliphatic heterocycles. The van der Waals surface area contributed by atoms with Crippen LogP contribution in [0.25, 0.3) is 0 Å². The van der Waals surface area contributed by atoms with E-state index in [0.717, 1.165) is 10.0 Å². The van der Waals surface area contributed by atoms with E-state index in [1.807, 2.05) is 24.1 Å². The number of anilines is 1. The molecule has 0 radical (unpaired) electrons. The molecule has 0 spiro atoms. The Morgan fingerprint density at radius 2 is 2.10 bits per heavy atom. The third kappa shape index (κ3) is 3.61. The van der Waals surface area contributed by atoms with Crippen LogP contribution in [0, 0.1) is 11.3 Å². The summed E-state index contributed by atoms with van der Waals surface area (Å²) >= 11 is 3.36. The van der Waals surface area contributed by atoms with Crippen LogP contribution in [-0.2, 0) is 6.54 Å². The molecule has 0 heterocycles. The Morgan fingerprint density at radius 1 is 1.33 bits per heavy atom. The first-order valence-corrected chi connectivity index (χ1v) is 7.03. The number of hydrogen-bond acceptors (Lipinski definition) is 3. The van der Waals surface area contributed by atoms with Crippen molar-refractivity contribution in [3.05, 3.63) is 63.6 Å². The lowest BCUT2D eigenvalue weighted by Gasteiger charge is -2.21. The molecule has 0 amide bonds. The Morgan fingerprint density at radius 3 is 2.76 bits per heavy atom. The largest absolute Gasteiger partial charge is 0.478 e. The first kappa shape index (κ1) is 15.1. The van der Waals surface area contributed by atoms with Gasteiger partial charge in [-0.05, 0) is 35.9 Å². The highest BCUT2D eigenvalue weighted by atomic mass is 79.9. The number of halogens is 1. The summed E-state index contributed by atoms with van der Waals surface area (Å²) in [5, 5.41) is 18.2. The van der Waals surface area contributed by atoms with Gasteiger partial charge in [0, 0.05) is 18.1 Å². The minimum atomic E-state index is -0.963. The maximum absolute atomic E-state index is 11.3. The van der Waals surface area contributed by atoms with Crippen molar-refractivity contribution in [3.8, 4) is 6.07 Å². The molecule has 1 N–H and O–H groups in total. The van der Waals surface area contributed by atoms with E-state index in [-0.39, 0.29) is 5.56 Å². The smallest absolute Gasteiger partial charge is 0.337 e. The van der Waals surface area contributed by atoms with Gasteiger partial charge in [0.1, 0.15) is 0 Å². The maximum atomic E-state index is 11.3. The van der Waals surface area contributed by atoms with E-state index in [9.17, 15) is 9.90 Å². The Kier molecular flexibility index (Phi) is 4.61. The van der Waals surface area contributed by atoms with E-state index in [1.165, 1.54) is 0 Å². The van der Waals surface area contributed by atoms with Crippen molar-refractivity contribution in [2.24, 2.45) is 0 Å². The maximum Gasteiger partial charge on any atom is 0.337 e. The van der Waals surface area contributed by atoms with Crippen LogP contribution in [0.4, 0.5) is 5.69 Å². The van der Waals surface area contributed by atoms with Crippen LogP contribution in [-0.4, -0.2) is 18.1 Å². The first-order valence-electron chi connectivity index (χ1n) is 6.24. The number of hydrogen-bond donors (Lipinski definition) is 1. The topological polar surface area (TPSA) is 64.3 Å². The predicted octanol–water partition coefficient (Wildman–Crippen LogP) is 3.66. The molecule has 0 aliphatic rings. The molecular formula is C16H13BrN2O2. The van der Waals surface area contributed by atoms with Crippen molar-refractivity contribution in [1.82, 2.24) is 0 Å². The summed E-state index contributed by atoms with van der Waals surface area (Å²) in [7, 11) is 1.83. The SMILES string of the molecule is CN(Cc1cccc(C#N)c1)c1cc(Br)ccc1C(=O)O. The van der Waals surface area contributed by atoms with Gasteiger partial charge in [0.25, 0.3) is 0 Å². The minimum Gasteiger partial charge on any atom is -0.478 e. The number of nitriles is 1. The van der Waals surface area contributed by atoms with Gasteiger partial charge in [0.05, 0.1) is 22.9 Å². The van der Waals surface area contributed by atoms with Gasteiger partial charge in [-0.1, -0.05) is 28.1 Å². The molecule has 0 aliphatic carbocycles. The van der Waals surface area contributed by atoms with Gasteiger partial charge in [-0.15, -0.1) is 0 Å². The molecule has 5 heteroatoms. The second-order valence-electron chi connectivity index (χ2n) is 4.63. The first-order chi connectivity index (χ1) is 10.0. The zero-order valence-corrected chi connectivity index (χ0v) is 13.0. The highest BCUT2D eigenvalue weighted by Crippen LogP contribution is 2.25. The van der Waals surface area contributed by atoms with E-state index < -0.39 is 5.97 Å². The van der Waals surface area contributed by atoms with Crippen molar-refractivity contribution in [2.75, 3.05) is 11.9 Å². The van der Waals surface area contributed by atoms with Gasteiger partial charge in [0.15, 0.2) is 0 Å². The van der Waals surface area contributed by atoms with E-state index in [2.05, 4.69) is 22.0 Å². The van der Waals surface area contributed by atoms with Crippen molar-refractivity contribution in [1.29, 1.82) is 5.26 Å². The molecule has 0 bridgehead atoms. The monoisotopic (exact) mass is 344 g/mol. The molecular weight excluding hydrogens is 332 g/mol. The zero-order valence-electron chi connectivity index (χ0n) is 11.4. The van der Waals surface area contributed by atoms with Crippen molar-refractivity contribution < 1.29 is 9.90 Å². The molecule has 4 nitrogen and oxygen atoms in total. The molecule has 0 unspecified atom stereocenters. The van der Waals surface area contributed by atoms with E-state index in [1.54, 1.807) is 30.3 Å².